The number of hydrogen-bond donors (Lipinski definition) is 0. The largest absolute Gasteiger partial charge is 0.490 e. The second-order valence-electron chi connectivity index (χ2n) is 9.63. The highest BCUT2D eigenvalue weighted by Gasteiger charge is 2.37. The summed E-state index contributed by atoms with van der Waals surface area (Å²) in [6, 6.07) is 8.09. The third-order valence-corrected chi connectivity index (χ3v) is 7.21. The van der Waals surface area contributed by atoms with Gasteiger partial charge in [-0.15, -0.1) is 0 Å². The van der Waals surface area contributed by atoms with E-state index >= 15 is 0 Å². The molecule has 1 amide bonds. The molecule has 1 saturated heterocycles. The van der Waals surface area contributed by atoms with Gasteiger partial charge in [0.15, 0.2) is 11.6 Å². The van der Waals surface area contributed by atoms with Crippen LogP contribution in [0.3, 0.4) is 0 Å². The molecule has 9 nitrogen and oxygen atoms in total. The quantitative estimate of drug-likeness (QED) is 0.507. The fraction of sp³-hybridized carbons (Fsp3) is 0.407. The molecule has 0 unspecified atom stereocenters. The van der Waals surface area contributed by atoms with Crippen LogP contribution in [0.2, 0.25) is 0 Å². The molecule has 0 radical (unpaired) electrons. The summed E-state index contributed by atoms with van der Waals surface area (Å²) in [5.74, 6) is -0.352. The summed E-state index contributed by atoms with van der Waals surface area (Å²) in [7, 11) is 1.64. The van der Waals surface area contributed by atoms with E-state index in [1.54, 1.807) is 43.8 Å². The van der Waals surface area contributed by atoms with Gasteiger partial charge in [0.2, 0.25) is 5.91 Å². The van der Waals surface area contributed by atoms with Gasteiger partial charge in [-0.2, -0.15) is 5.26 Å². The number of benzene rings is 1. The molecule has 1 atom stereocenters. The van der Waals surface area contributed by atoms with Crippen LogP contribution in [0, 0.1) is 29.0 Å². The molecule has 5 rings (SSSR count). The highest BCUT2D eigenvalue weighted by molar-refractivity contribution is 5.78. The fourth-order valence-electron chi connectivity index (χ4n) is 5.07. The van der Waals surface area contributed by atoms with Crippen molar-refractivity contribution in [3.05, 3.63) is 76.5 Å². The van der Waals surface area contributed by atoms with E-state index in [-0.39, 0.29) is 35.2 Å². The minimum absolute atomic E-state index is 0.0398. The molecule has 1 saturated carbocycles. The number of aromatic nitrogens is 3. The number of pyridine rings is 1. The summed E-state index contributed by atoms with van der Waals surface area (Å²) in [5, 5.41) is 10.6. The van der Waals surface area contributed by atoms with Gasteiger partial charge in [-0.3, -0.25) is 19.2 Å². The van der Waals surface area contributed by atoms with Crippen molar-refractivity contribution in [3.8, 4) is 17.5 Å². The number of ether oxygens (including phenoxy) is 1. The number of imidazole rings is 1. The third-order valence-electron chi connectivity index (χ3n) is 7.21. The molecular formula is C27H28FN5O4. The molecule has 0 spiro atoms. The lowest BCUT2D eigenvalue weighted by molar-refractivity contribution is -0.183. The average Bonchev–Trinajstić information content (AvgIpc) is 3.55. The first-order valence-corrected chi connectivity index (χ1v) is 12.4. The Morgan fingerprint density at radius 1 is 1.19 bits per heavy atom. The second kappa shape index (κ2) is 10.6. The molecule has 1 aliphatic heterocycles. The van der Waals surface area contributed by atoms with Crippen LogP contribution >= 0.6 is 0 Å². The number of nitrogens with zero attached hydrogens (tertiary/aromatic N) is 5. The topological polar surface area (TPSA) is 102 Å². The maximum Gasteiger partial charge on any atom is 0.332 e. The van der Waals surface area contributed by atoms with Gasteiger partial charge in [0.1, 0.15) is 6.07 Å². The monoisotopic (exact) mass is 505 g/mol. The molecule has 2 aromatic heterocycles. The van der Waals surface area contributed by atoms with Crippen LogP contribution in [0.4, 0.5) is 4.39 Å². The first-order valence-electron chi connectivity index (χ1n) is 12.4. The number of carbonyl (C=O) groups excluding carboxylic acids is 1. The number of hydrogen-bond acceptors (Lipinski definition) is 6. The van der Waals surface area contributed by atoms with Crippen molar-refractivity contribution in [1.29, 1.82) is 5.26 Å². The van der Waals surface area contributed by atoms with Crippen LogP contribution in [0.15, 0.2) is 53.8 Å². The van der Waals surface area contributed by atoms with Crippen LogP contribution in [-0.2, 0) is 16.7 Å². The fourth-order valence-corrected chi connectivity index (χ4v) is 5.07. The standard InChI is InChI=1S/C27H28FN5O4/c1-31-9-10-32(27(31)35)22-6-7-25(23(28)13-22)36-17-18-2-4-20(5-3-18)26(34)33-24(8-11-37-33)21-12-19(14-29)15-30-16-21/h6-7,9-10,12-13,15-16,18,20,24H,2-5,8,11,17H2,1H3/t18?,20?,24-/m0/s1. The van der Waals surface area contributed by atoms with Crippen molar-refractivity contribution in [2.45, 2.75) is 38.1 Å². The van der Waals surface area contributed by atoms with Crippen molar-refractivity contribution in [2.75, 3.05) is 13.2 Å². The predicted octanol–water partition coefficient (Wildman–Crippen LogP) is 3.67. The number of amides is 1. The number of nitriles is 1. The predicted molar refractivity (Wildman–Crippen MR) is 131 cm³/mol. The van der Waals surface area contributed by atoms with Crippen molar-refractivity contribution in [2.24, 2.45) is 18.9 Å². The van der Waals surface area contributed by atoms with Crippen molar-refractivity contribution in [3.63, 3.8) is 0 Å². The first-order chi connectivity index (χ1) is 17.9. The van der Waals surface area contributed by atoms with Crippen molar-refractivity contribution < 1.29 is 18.8 Å². The van der Waals surface area contributed by atoms with E-state index in [4.69, 9.17) is 14.8 Å². The molecule has 10 heteroatoms. The van der Waals surface area contributed by atoms with E-state index in [2.05, 4.69) is 11.1 Å². The Labute approximate surface area is 213 Å². The molecule has 2 fully saturated rings. The molecule has 192 valence electrons. The van der Waals surface area contributed by atoms with E-state index in [1.807, 2.05) is 0 Å². The summed E-state index contributed by atoms with van der Waals surface area (Å²) in [5.41, 5.74) is 1.44. The Morgan fingerprint density at radius 2 is 2.00 bits per heavy atom. The van der Waals surface area contributed by atoms with Crippen LogP contribution in [0.1, 0.15) is 49.3 Å². The van der Waals surface area contributed by atoms with Crippen LogP contribution < -0.4 is 10.4 Å². The van der Waals surface area contributed by atoms with E-state index in [0.717, 1.165) is 18.4 Å². The minimum Gasteiger partial charge on any atom is -0.490 e. The lowest BCUT2D eigenvalue weighted by Gasteiger charge is -2.31. The highest BCUT2D eigenvalue weighted by Crippen LogP contribution is 2.36. The third kappa shape index (κ3) is 5.13. The van der Waals surface area contributed by atoms with Crippen molar-refractivity contribution in [1.82, 2.24) is 19.2 Å². The number of aryl methyl sites for hydroxylation is 1. The van der Waals surface area contributed by atoms with E-state index in [9.17, 15) is 14.0 Å². The second-order valence-corrected chi connectivity index (χ2v) is 9.63. The van der Waals surface area contributed by atoms with Crippen LogP contribution in [0.5, 0.6) is 5.75 Å². The van der Waals surface area contributed by atoms with Gasteiger partial charge in [-0.05, 0) is 55.4 Å². The maximum absolute atomic E-state index is 14.7. The molecule has 37 heavy (non-hydrogen) atoms. The number of hydroxylamine groups is 2. The molecular weight excluding hydrogens is 477 g/mol. The molecule has 0 bridgehead atoms. The van der Waals surface area contributed by atoms with E-state index < -0.39 is 5.82 Å². The molecule has 0 N–H and O–H groups in total. The zero-order chi connectivity index (χ0) is 25.9. The Bertz CT molecular complexity index is 1390. The van der Waals surface area contributed by atoms with Gasteiger partial charge in [0.25, 0.3) is 0 Å². The molecule has 3 heterocycles. The molecule has 1 aliphatic carbocycles. The van der Waals surface area contributed by atoms with Gasteiger partial charge in [-0.25, -0.2) is 14.2 Å². The maximum atomic E-state index is 14.7. The van der Waals surface area contributed by atoms with Gasteiger partial charge >= 0.3 is 5.69 Å². The lowest BCUT2D eigenvalue weighted by Crippen LogP contribution is -2.37. The van der Waals surface area contributed by atoms with Gasteiger partial charge in [-0.1, -0.05) is 0 Å². The zero-order valence-corrected chi connectivity index (χ0v) is 20.5. The van der Waals surface area contributed by atoms with E-state index in [1.165, 1.54) is 26.5 Å². The normalized spacial score (nSPS) is 21.5. The summed E-state index contributed by atoms with van der Waals surface area (Å²) in [6.07, 6.45) is 10.0. The summed E-state index contributed by atoms with van der Waals surface area (Å²) < 4.78 is 23.2. The van der Waals surface area contributed by atoms with Gasteiger partial charge in [0, 0.05) is 50.2 Å². The molecule has 3 aromatic rings. The number of halogens is 1. The first kappa shape index (κ1) is 24.7. The lowest BCUT2D eigenvalue weighted by atomic mass is 9.81. The Kier molecular flexibility index (Phi) is 7.06. The highest BCUT2D eigenvalue weighted by atomic mass is 19.1. The Balaban J connectivity index is 1.15. The minimum atomic E-state index is -0.524. The smallest absolute Gasteiger partial charge is 0.332 e. The Hall–Kier alpha value is -3.97. The number of rotatable bonds is 6. The summed E-state index contributed by atoms with van der Waals surface area (Å²) in [6.45, 7) is 0.803. The molecule has 1 aromatic carbocycles. The van der Waals surface area contributed by atoms with Crippen LogP contribution in [0.25, 0.3) is 5.69 Å². The van der Waals surface area contributed by atoms with Gasteiger partial charge in [0.05, 0.1) is 30.5 Å². The summed E-state index contributed by atoms with van der Waals surface area (Å²) in [4.78, 5) is 35.2. The van der Waals surface area contributed by atoms with Crippen LogP contribution in [-0.4, -0.2) is 38.3 Å². The van der Waals surface area contributed by atoms with E-state index in [0.29, 0.717) is 43.7 Å². The summed E-state index contributed by atoms with van der Waals surface area (Å²) >= 11 is 0. The van der Waals surface area contributed by atoms with Gasteiger partial charge < -0.3 is 9.30 Å². The molecule has 2 aliphatic rings. The van der Waals surface area contributed by atoms with Crippen molar-refractivity contribution >= 4 is 5.91 Å². The SMILES string of the molecule is Cn1ccn(-c2ccc(OCC3CCC(C(=O)N4OCC[C@H]4c4cncc(C#N)c4)CC3)c(F)c2)c1=O. The number of carbonyl (C=O) groups is 1. The zero-order valence-electron chi connectivity index (χ0n) is 20.5. The Morgan fingerprint density at radius 3 is 2.70 bits per heavy atom. The average molecular weight is 506 g/mol.